The number of ketones is 1. The first-order valence-electron chi connectivity index (χ1n) is 9.06. The Hall–Kier alpha value is -2.10. The van der Waals surface area contributed by atoms with E-state index in [1.54, 1.807) is 11.3 Å². The third-order valence-electron chi connectivity index (χ3n) is 4.02. The minimum atomic E-state index is -3.70. The summed E-state index contributed by atoms with van der Waals surface area (Å²) in [5, 5.41) is 5.92. The van der Waals surface area contributed by atoms with Crippen molar-refractivity contribution in [3.05, 3.63) is 45.9 Å². The third-order valence-corrected chi connectivity index (χ3v) is 6.52. The minimum absolute atomic E-state index is 0.0149. The van der Waals surface area contributed by atoms with E-state index < -0.39 is 10.0 Å². The van der Waals surface area contributed by atoms with E-state index >= 15 is 0 Å². The van der Waals surface area contributed by atoms with Gasteiger partial charge in [0.1, 0.15) is 0 Å². The summed E-state index contributed by atoms with van der Waals surface area (Å²) in [6.07, 6.45) is 2.75. The third kappa shape index (κ3) is 7.14. The van der Waals surface area contributed by atoms with E-state index in [1.807, 2.05) is 12.3 Å². The molecule has 0 aliphatic rings. The molecule has 1 heterocycles. The molecule has 9 heteroatoms. The van der Waals surface area contributed by atoms with Gasteiger partial charge in [-0.25, -0.2) is 18.1 Å². The van der Waals surface area contributed by atoms with Gasteiger partial charge in [0.05, 0.1) is 9.90 Å². The maximum absolute atomic E-state index is 12.2. The molecule has 152 valence electrons. The number of aryl methyl sites for hydroxylation is 2. The van der Waals surface area contributed by atoms with Gasteiger partial charge in [0.15, 0.2) is 5.78 Å². The molecule has 1 aromatic carbocycles. The lowest BCUT2D eigenvalue weighted by molar-refractivity contribution is -0.120. The standard InChI is InChI=1S/C19H25N3O4S2/c1-14-13-27-19(22-14)5-3-4-11-20-18(24)10-12-21-28(25,26)17-8-6-16(7-9-17)15(2)23/h6-9,13,21H,3-5,10-12H2,1-2H3,(H,20,24). The Balaban J connectivity index is 1.64. The molecule has 0 radical (unpaired) electrons. The van der Waals surface area contributed by atoms with Gasteiger partial charge in [-0.15, -0.1) is 11.3 Å². The van der Waals surface area contributed by atoms with E-state index in [9.17, 15) is 18.0 Å². The van der Waals surface area contributed by atoms with Crippen LogP contribution in [0.2, 0.25) is 0 Å². The van der Waals surface area contributed by atoms with Crippen molar-refractivity contribution in [3.8, 4) is 0 Å². The summed E-state index contributed by atoms with van der Waals surface area (Å²) in [5.74, 6) is -0.324. The number of amides is 1. The van der Waals surface area contributed by atoms with Crippen LogP contribution >= 0.6 is 11.3 Å². The number of thiazole rings is 1. The average molecular weight is 424 g/mol. The minimum Gasteiger partial charge on any atom is -0.356 e. The van der Waals surface area contributed by atoms with Gasteiger partial charge in [-0.1, -0.05) is 12.1 Å². The highest BCUT2D eigenvalue weighted by molar-refractivity contribution is 7.89. The van der Waals surface area contributed by atoms with Crippen LogP contribution in [0.15, 0.2) is 34.5 Å². The maximum Gasteiger partial charge on any atom is 0.240 e. The van der Waals surface area contributed by atoms with Crippen LogP contribution in [-0.2, 0) is 21.2 Å². The largest absolute Gasteiger partial charge is 0.356 e. The number of hydrogen-bond donors (Lipinski definition) is 2. The van der Waals surface area contributed by atoms with Crippen LogP contribution in [0, 0.1) is 6.92 Å². The van der Waals surface area contributed by atoms with Crippen molar-refractivity contribution in [2.45, 2.75) is 44.4 Å². The Morgan fingerprint density at radius 2 is 1.82 bits per heavy atom. The Morgan fingerprint density at radius 1 is 1.11 bits per heavy atom. The first-order valence-corrected chi connectivity index (χ1v) is 11.4. The lowest BCUT2D eigenvalue weighted by Crippen LogP contribution is -2.31. The van der Waals surface area contributed by atoms with E-state index in [2.05, 4.69) is 15.0 Å². The molecule has 0 spiro atoms. The van der Waals surface area contributed by atoms with Crippen LogP contribution in [-0.4, -0.2) is 38.2 Å². The van der Waals surface area contributed by atoms with Crippen LogP contribution in [0.1, 0.15) is 47.2 Å². The molecular formula is C19H25N3O4S2. The number of benzene rings is 1. The second-order valence-corrected chi connectivity index (χ2v) is 9.13. The summed E-state index contributed by atoms with van der Waals surface area (Å²) in [7, 11) is -3.70. The SMILES string of the molecule is CC(=O)c1ccc(S(=O)(=O)NCCC(=O)NCCCCc2nc(C)cs2)cc1. The highest BCUT2D eigenvalue weighted by Crippen LogP contribution is 2.12. The summed E-state index contributed by atoms with van der Waals surface area (Å²) in [5.41, 5.74) is 1.48. The van der Waals surface area contributed by atoms with Crippen LogP contribution in [0.5, 0.6) is 0 Å². The van der Waals surface area contributed by atoms with Gasteiger partial charge in [-0.2, -0.15) is 0 Å². The molecule has 0 saturated carbocycles. The molecule has 0 fully saturated rings. The fourth-order valence-corrected chi connectivity index (χ4v) is 4.34. The van der Waals surface area contributed by atoms with Crippen molar-refractivity contribution in [1.29, 1.82) is 0 Å². The molecule has 0 saturated heterocycles. The second-order valence-electron chi connectivity index (χ2n) is 6.42. The number of unbranched alkanes of at least 4 members (excludes halogenated alkanes) is 1. The molecule has 0 aliphatic carbocycles. The number of hydrogen-bond acceptors (Lipinski definition) is 6. The first-order chi connectivity index (χ1) is 13.3. The molecular weight excluding hydrogens is 398 g/mol. The van der Waals surface area contributed by atoms with Gasteiger partial charge in [-0.3, -0.25) is 9.59 Å². The van der Waals surface area contributed by atoms with Crippen molar-refractivity contribution >= 4 is 33.1 Å². The van der Waals surface area contributed by atoms with Crippen LogP contribution < -0.4 is 10.0 Å². The smallest absolute Gasteiger partial charge is 0.240 e. The van der Waals surface area contributed by atoms with Gasteiger partial charge in [0.2, 0.25) is 15.9 Å². The molecule has 7 nitrogen and oxygen atoms in total. The summed E-state index contributed by atoms with van der Waals surface area (Å²) in [4.78, 5) is 27.5. The zero-order chi connectivity index (χ0) is 20.6. The zero-order valence-corrected chi connectivity index (χ0v) is 17.7. The van der Waals surface area contributed by atoms with Crippen molar-refractivity contribution in [2.75, 3.05) is 13.1 Å². The fourth-order valence-electron chi connectivity index (χ4n) is 2.49. The fraction of sp³-hybridized carbons (Fsp3) is 0.421. The molecule has 1 amide bonds. The number of aromatic nitrogens is 1. The first kappa shape index (κ1) is 22.2. The molecule has 0 unspecified atom stereocenters. The lowest BCUT2D eigenvalue weighted by Gasteiger charge is -2.08. The van der Waals surface area contributed by atoms with Gasteiger partial charge >= 0.3 is 0 Å². The lowest BCUT2D eigenvalue weighted by atomic mass is 10.2. The Bertz CT molecular complexity index is 906. The molecule has 28 heavy (non-hydrogen) atoms. The number of carbonyl (C=O) groups excluding carboxylic acids is 2. The topological polar surface area (TPSA) is 105 Å². The Labute approximate surface area is 169 Å². The molecule has 0 atom stereocenters. The highest BCUT2D eigenvalue weighted by Gasteiger charge is 2.14. The molecule has 0 bridgehead atoms. The average Bonchev–Trinajstić information content (AvgIpc) is 3.06. The van der Waals surface area contributed by atoms with Crippen molar-refractivity contribution in [2.24, 2.45) is 0 Å². The second kappa shape index (κ2) is 10.4. The number of nitrogens with zero attached hydrogens (tertiary/aromatic N) is 1. The van der Waals surface area contributed by atoms with Crippen molar-refractivity contribution in [1.82, 2.24) is 15.0 Å². The Morgan fingerprint density at radius 3 is 2.43 bits per heavy atom. The van der Waals surface area contributed by atoms with Crippen LogP contribution in [0.3, 0.4) is 0 Å². The maximum atomic E-state index is 12.2. The van der Waals surface area contributed by atoms with E-state index in [0.29, 0.717) is 12.1 Å². The van der Waals surface area contributed by atoms with Gasteiger partial charge in [0, 0.05) is 36.1 Å². The number of rotatable bonds is 11. The van der Waals surface area contributed by atoms with Crippen molar-refractivity contribution in [3.63, 3.8) is 0 Å². The molecule has 2 N–H and O–H groups in total. The number of sulfonamides is 1. The van der Waals surface area contributed by atoms with Gasteiger partial charge < -0.3 is 5.32 Å². The number of carbonyl (C=O) groups is 2. The van der Waals surface area contributed by atoms with Crippen molar-refractivity contribution < 1.29 is 18.0 Å². The Kier molecular flexibility index (Phi) is 8.28. The van der Waals surface area contributed by atoms with E-state index in [-0.39, 0.29) is 29.6 Å². The quantitative estimate of drug-likeness (QED) is 0.427. The normalized spacial score (nSPS) is 11.4. The summed E-state index contributed by atoms with van der Waals surface area (Å²) < 4.78 is 26.8. The van der Waals surface area contributed by atoms with Crippen LogP contribution in [0.4, 0.5) is 0 Å². The molecule has 0 aliphatic heterocycles. The van der Waals surface area contributed by atoms with E-state index in [4.69, 9.17) is 0 Å². The summed E-state index contributed by atoms with van der Waals surface area (Å²) >= 11 is 1.65. The molecule has 2 rings (SSSR count). The predicted octanol–water partition coefficient (Wildman–Crippen LogP) is 2.46. The predicted molar refractivity (Wildman–Crippen MR) is 109 cm³/mol. The number of Topliss-reactive ketones (excluding diaryl/α,β-unsaturated/α-hetero) is 1. The monoisotopic (exact) mass is 423 g/mol. The molecule has 2 aromatic rings. The van der Waals surface area contributed by atoms with E-state index in [0.717, 1.165) is 30.0 Å². The zero-order valence-electron chi connectivity index (χ0n) is 16.0. The summed E-state index contributed by atoms with van der Waals surface area (Å²) in [6, 6.07) is 5.69. The summed E-state index contributed by atoms with van der Waals surface area (Å²) in [6.45, 7) is 3.96. The van der Waals surface area contributed by atoms with E-state index in [1.165, 1.54) is 31.2 Å². The highest BCUT2D eigenvalue weighted by atomic mass is 32.2. The molecule has 1 aromatic heterocycles. The number of nitrogens with one attached hydrogen (secondary N) is 2. The van der Waals surface area contributed by atoms with Gasteiger partial charge in [-0.05, 0) is 45.2 Å². The van der Waals surface area contributed by atoms with Gasteiger partial charge in [0.25, 0.3) is 0 Å². The van der Waals surface area contributed by atoms with Crippen LogP contribution in [0.25, 0.3) is 0 Å².